The highest BCUT2D eigenvalue weighted by Gasteiger charge is 2.11. The molecule has 1 aromatic heterocycles. The van der Waals surface area contributed by atoms with Crippen molar-refractivity contribution in [3.05, 3.63) is 11.7 Å². The number of hydrogen-bond donors (Lipinski definition) is 1. The number of nitrogens with two attached hydrogens (primary N) is 1. The molecule has 0 spiro atoms. The summed E-state index contributed by atoms with van der Waals surface area (Å²) in [6, 6.07) is 0. The predicted octanol–water partition coefficient (Wildman–Crippen LogP) is 0.973. The van der Waals surface area contributed by atoms with Gasteiger partial charge in [-0.3, -0.25) is 4.84 Å². The second-order valence-electron chi connectivity index (χ2n) is 2.67. The Labute approximate surface area is 70.8 Å². The molecular weight excluding hydrogens is 158 g/mol. The highest BCUT2D eigenvalue weighted by Crippen LogP contribution is 2.14. The lowest BCUT2D eigenvalue weighted by Gasteiger charge is -1.98. The Hall–Kier alpha value is -0.940. The molecule has 5 nitrogen and oxygen atoms in total. The predicted molar refractivity (Wildman–Crippen MR) is 42.0 cm³/mol. The first-order valence-corrected chi connectivity index (χ1v) is 3.92. The fourth-order valence-corrected chi connectivity index (χ4v) is 0.781. The molecule has 0 aromatic carbocycles. The minimum absolute atomic E-state index is 0.170. The zero-order chi connectivity index (χ0) is 8.97. The van der Waals surface area contributed by atoms with Crippen molar-refractivity contribution in [2.75, 3.05) is 0 Å². The Kier molecular flexibility index (Phi) is 3.19. The third-order valence-corrected chi connectivity index (χ3v) is 1.74. The van der Waals surface area contributed by atoms with Gasteiger partial charge in [-0.15, -0.1) is 0 Å². The summed E-state index contributed by atoms with van der Waals surface area (Å²) in [7, 11) is 0. The van der Waals surface area contributed by atoms with Crippen LogP contribution in [0.2, 0.25) is 0 Å². The summed E-state index contributed by atoms with van der Waals surface area (Å²) in [5, 5.41) is 3.78. The van der Waals surface area contributed by atoms with Crippen LogP contribution in [0, 0.1) is 0 Å². The van der Waals surface area contributed by atoms with Gasteiger partial charge in [0.25, 0.3) is 5.89 Å². The molecule has 1 unspecified atom stereocenters. The van der Waals surface area contributed by atoms with E-state index in [1.807, 2.05) is 6.92 Å². The molecule has 0 amide bonds. The maximum absolute atomic E-state index is 4.86. The van der Waals surface area contributed by atoms with Crippen LogP contribution >= 0.6 is 0 Å². The Balaban J connectivity index is 2.63. The SMILES string of the molecule is CCC(C)c1noc(CON)n1. The number of aromatic nitrogens is 2. The van der Waals surface area contributed by atoms with Gasteiger partial charge in [0, 0.05) is 5.92 Å². The standard InChI is InChI=1S/C7H13N3O2/c1-3-5(2)7-9-6(4-11-8)12-10-7/h5H,3-4,8H2,1-2H3. The maximum atomic E-state index is 4.86. The smallest absolute Gasteiger partial charge is 0.254 e. The summed E-state index contributed by atoms with van der Waals surface area (Å²) < 4.78 is 4.86. The van der Waals surface area contributed by atoms with Gasteiger partial charge >= 0.3 is 0 Å². The molecule has 2 N–H and O–H groups in total. The van der Waals surface area contributed by atoms with Crippen LogP contribution in [0.5, 0.6) is 0 Å². The van der Waals surface area contributed by atoms with Crippen LogP contribution in [0.4, 0.5) is 0 Å². The van der Waals surface area contributed by atoms with Gasteiger partial charge in [-0.05, 0) is 6.42 Å². The van der Waals surface area contributed by atoms with E-state index in [0.29, 0.717) is 17.6 Å². The van der Waals surface area contributed by atoms with Gasteiger partial charge in [0.2, 0.25) is 0 Å². The lowest BCUT2D eigenvalue weighted by Crippen LogP contribution is -1.99. The summed E-state index contributed by atoms with van der Waals surface area (Å²) in [5.74, 6) is 6.31. The average Bonchev–Trinajstić information content (AvgIpc) is 2.52. The fraction of sp³-hybridized carbons (Fsp3) is 0.714. The molecule has 0 aliphatic heterocycles. The van der Waals surface area contributed by atoms with E-state index in [2.05, 4.69) is 21.9 Å². The van der Waals surface area contributed by atoms with Crippen molar-refractivity contribution in [3.8, 4) is 0 Å². The fourth-order valence-electron chi connectivity index (χ4n) is 0.781. The molecule has 0 fully saturated rings. The van der Waals surface area contributed by atoms with Crippen molar-refractivity contribution in [3.63, 3.8) is 0 Å². The van der Waals surface area contributed by atoms with Crippen molar-refractivity contribution in [1.82, 2.24) is 10.1 Å². The molecule has 0 saturated carbocycles. The van der Waals surface area contributed by atoms with E-state index in [-0.39, 0.29) is 6.61 Å². The second-order valence-corrected chi connectivity index (χ2v) is 2.67. The molecule has 1 aromatic rings. The Morgan fingerprint density at radius 1 is 1.67 bits per heavy atom. The molecule has 68 valence electrons. The first kappa shape index (κ1) is 9.15. The van der Waals surface area contributed by atoms with Gasteiger partial charge in [-0.25, -0.2) is 5.90 Å². The molecule has 0 aliphatic rings. The highest BCUT2D eigenvalue weighted by atomic mass is 16.6. The third-order valence-electron chi connectivity index (χ3n) is 1.74. The van der Waals surface area contributed by atoms with Crippen molar-refractivity contribution in [2.24, 2.45) is 5.90 Å². The van der Waals surface area contributed by atoms with Crippen LogP contribution in [0.3, 0.4) is 0 Å². The number of hydrogen-bond acceptors (Lipinski definition) is 5. The summed E-state index contributed by atoms with van der Waals surface area (Å²) in [6.07, 6.45) is 0.989. The molecule has 12 heavy (non-hydrogen) atoms. The normalized spacial score (nSPS) is 13.2. The van der Waals surface area contributed by atoms with Crippen LogP contribution in [-0.2, 0) is 11.4 Å². The first-order valence-electron chi connectivity index (χ1n) is 3.92. The highest BCUT2D eigenvalue weighted by molar-refractivity contribution is 4.91. The minimum Gasteiger partial charge on any atom is -0.337 e. The van der Waals surface area contributed by atoms with E-state index in [1.54, 1.807) is 0 Å². The molecule has 5 heteroatoms. The summed E-state index contributed by atoms with van der Waals surface area (Å²) in [5.41, 5.74) is 0. The Bertz CT molecular complexity index is 236. The number of nitrogens with zero attached hydrogens (tertiary/aromatic N) is 2. The summed E-state index contributed by atoms with van der Waals surface area (Å²) in [6.45, 7) is 4.28. The largest absolute Gasteiger partial charge is 0.337 e. The minimum atomic E-state index is 0.170. The monoisotopic (exact) mass is 171 g/mol. The van der Waals surface area contributed by atoms with Crippen LogP contribution in [-0.4, -0.2) is 10.1 Å². The van der Waals surface area contributed by atoms with Crippen LogP contribution in [0.1, 0.15) is 37.9 Å². The van der Waals surface area contributed by atoms with E-state index >= 15 is 0 Å². The van der Waals surface area contributed by atoms with E-state index in [9.17, 15) is 0 Å². The molecule has 1 rings (SSSR count). The van der Waals surface area contributed by atoms with E-state index in [4.69, 9.17) is 10.4 Å². The van der Waals surface area contributed by atoms with Crippen molar-refractivity contribution >= 4 is 0 Å². The summed E-state index contributed by atoms with van der Waals surface area (Å²) in [4.78, 5) is 8.45. The summed E-state index contributed by atoms with van der Waals surface area (Å²) >= 11 is 0. The Morgan fingerprint density at radius 3 is 3.00 bits per heavy atom. The Morgan fingerprint density at radius 2 is 2.42 bits per heavy atom. The zero-order valence-corrected chi connectivity index (χ0v) is 7.28. The topological polar surface area (TPSA) is 74.2 Å². The van der Waals surface area contributed by atoms with Crippen LogP contribution in [0.15, 0.2) is 4.52 Å². The lowest BCUT2D eigenvalue weighted by molar-refractivity contribution is 0.0995. The van der Waals surface area contributed by atoms with Crippen LogP contribution < -0.4 is 5.90 Å². The molecule has 0 radical (unpaired) electrons. The van der Waals surface area contributed by atoms with Gasteiger partial charge in [-0.2, -0.15) is 4.98 Å². The van der Waals surface area contributed by atoms with Gasteiger partial charge in [0.05, 0.1) is 0 Å². The molecule has 1 atom stereocenters. The first-order chi connectivity index (χ1) is 5.77. The maximum Gasteiger partial charge on any atom is 0.254 e. The lowest BCUT2D eigenvalue weighted by atomic mass is 10.1. The van der Waals surface area contributed by atoms with Crippen molar-refractivity contribution in [1.29, 1.82) is 0 Å². The van der Waals surface area contributed by atoms with Crippen molar-refractivity contribution < 1.29 is 9.36 Å². The van der Waals surface area contributed by atoms with E-state index < -0.39 is 0 Å². The van der Waals surface area contributed by atoms with Gasteiger partial charge in [-0.1, -0.05) is 19.0 Å². The van der Waals surface area contributed by atoms with Crippen LogP contribution in [0.25, 0.3) is 0 Å². The zero-order valence-electron chi connectivity index (χ0n) is 7.28. The molecular formula is C7H13N3O2. The van der Waals surface area contributed by atoms with Crippen molar-refractivity contribution in [2.45, 2.75) is 32.8 Å². The van der Waals surface area contributed by atoms with E-state index in [1.165, 1.54) is 0 Å². The molecule has 0 aliphatic carbocycles. The molecule has 1 heterocycles. The quantitative estimate of drug-likeness (QED) is 0.683. The second kappa shape index (κ2) is 4.18. The number of rotatable bonds is 4. The molecule has 0 saturated heterocycles. The van der Waals surface area contributed by atoms with E-state index in [0.717, 1.165) is 6.42 Å². The van der Waals surface area contributed by atoms with Gasteiger partial charge in [0.15, 0.2) is 5.82 Å². The third kappa shape index (κ3) is 2.02. The average molecular weight is 171 g/mol. The van der Waals surface area contributed by atoms with Gasteiger partial charge < -0.3 is 4.52 Å². The van der Waals surface area contributed by atoms with Gasteiger partial charge in [0.1, 0.15) is 6.61 Å². The molecule has 0 bridgehead atoms.